The standard InChI is InChI=1S/C17H26F3N5.C9H5F3N2O.C8H21N3.CN.B.Na/c1-3-10-25(11-8-21-2)12-9-22-13-14-4-6-15(7-5-14)16(23-24-16)17(18,19)20;10-9(11,12)8(13-14-8)7-3-1-6(5-15)2-4-7;1-3-6-11(7-4-9)8-5-10-2;1-2;;/h4-7,21-22H,3,8-13H2,1-2H3;1-5H;10H,3-9H2,1-2H3;;;/q;;;-1;;+1. The van der Waals surface area contributed by atoms with Crippen LogP contribution in [0, 0.1) is 11.8 Å². The summed E-state index contributed by atoms with van der Waals surface area (Å²) in [6.45, 7) is 19.7. The fraction of sp³-hybridized carbons (Fsp3) is 0.600. The topological polar surface area (TPSA) is 159 Å². The van der Waals surface area contributed by atoms with Crippen molar-refractivity contribution in [1.29, 1.82) is 5.26 Å². The van der Waals surface area contributed by atoms with Crippen molar-refractivity contribution >= 4 is 14.7 Å². The molecule has 3 radical (unpaired) electrons. The number of alkyl halides is 6. The predicted molar refractivity (Wildman–Crippen MR) is 196 cm³/mol. The van der Waals surface area contributed by atoms with Gasteiger partial charge < -0.3 is 43.3 Å². The molecule has 0 spiro atoms. The number of halogens is 6. The van der Waals surface area contributed by atoms with E-state index in [0.29, 0.717) is 18.4 Å². The molecule has 0 saturated heterocycles. The van der Waals surface area contributed by atoms with Crippen LogP contribution >= 0.6 is 0 Å². The minimum atomic E-state index is -4.52. The van der Waals surface area contributed by atoms with Crippen molar-refractivity contribution in [3.63, 3.8) is 0 Å². The summed E-state index contributed by atoms with van der Waals surface area (Å²) in [6, 6.07) is 11.3. The summed E-state index contributed by atoms with van der Waals surface area (Å²) in [5.74, 6) is 0. The van der Waals surface area contributed by atoms with Crippen molar-refractivity contribution in [1.82, 2.24) is 25.8 Å². The molecular formula is C35H52BF6N11NaO. The van der Waals surface area contributed by atoms with Crippen LogP contribution in [0.5, 0.6) is 0 Å². The molecule has 20 heteroatoms. The Morgan fingerprint density at radius 1 is 0.709 bits per heavy atom. The van der Waals surface area contributed by atoms with Crippen LogP contribution in [-0.4, -0.2) is 116 Å². The Morgan fingerprint density at radius 2 is 1.09 bits per heavy atom. The summed E-state index contributed by atoms with van der Waals surface area (Å²) in [4.78, 5) is 15.1. The first kappa shape index (κ1) is 54.3. The largest absolute Gasteiger partial charge is 1.00 e. The minimum Gasteiger partial charge on any atom is -0.512 e. The molecule has 5 N–H and O–H groups in total. The molecule has 0 bridgehead atoms. The van der Waals surface area contributed by atoms with Crippen LogP contribution in [0.25, 0.3) is 0 Å². The van der Waals surface area contributed by atoms with Gasteiger partial charge in [0.1, 0.15) is 6.29 Å². The molecule has 0 unspecified atom stereocenters. The summed E-state index contributed by atoms with van der Waals surface area (Å²) >= 11 is 0. The number of carbonyl (C=O) groups excluding carboxylic acids is 1. The number of nitrogens with two attached hydrogens (primary N) is 1. The molecule has 0 atom stereocenters. The fourth-order valence-electron chi connectivity index (χ4n) is 5.03. The quantitative estimate of drug-likeness (QED) is 0.0523. The van der Waals surface area contributed by atoms with Gasteiger partial charge in [-0.15, -0.1) is 20.5 Å². The van der Waals surface area contributed by atoms with Gasteiger partial charge in [0.15, 0.2) is 0 Å². The fourth-order valence-corrected chi connectivity index (χ4v) is 5.03. The zero-order valence-corrected chi connectivity index (χ0v) is 34.3. The molecule has 55 heavy (non-hydrogen) atoms. The van der Waals surface area contributed by atoms with Crippen LogP contribution in [0.3, 0.4) is 0 Å². The molecule has 2 heterocycles. The van der Waals surface area contributed by atoms with Crippen molar-refractivity contribution in [2.45, 2.75) is 56.9 Å². The van der Waals surface area contributed by atoms with E-state index in [0.717, 1.165) is 70.9 Å². The summed E-state index contributed by atoms with van der Waals surface area (Å²) in [6.07, 6.45) is -6.10. The van der Waals surface area contributed by atoms with Gasteiger partial charge in [0.25, 0.3) is 0 Å². The van der Waals surface area contributed by atoms with Gasteiger partial charge in [-0.1, -0.05) is 62.4 Å². The summed E-state index contributed by atoms with van der Waals surface area (Å²) in [7, 11) is 3.92. The van der Waals surface area contributed by atoms with Crippen molar-refractivity contribution in [2.24, 2.45) is 26.2 Å². The van der Waals surface area contributed by atoms with Crippen LogP contribution in [0.4, 0.5) is 26.3 Å². The molecule has 2 aromatic carbocycles. The Bertz CT molecular complexity index is 1380. The van der Waals surface area contributed by atoms with Gasteiger partial charge in [-0.05, 0) is 45.6 Å². The minimum absolute atomic E-state index is 0. The predicted octanol–water partition coefficient (Wildman–Crippen LogP) is 2.16. The van der Waals surface area contributed by atoms with Crippen LogP contribution in [0.2, 0.25) is 0 Å². The smallest absolute Gasteiger partial charge is 0.512 e. The Balaban J connectivity index is 0. The molecule has 0 fully saturated rings. The van der Waals surface area contributed by atoms with E-state index in [9.17, 15) is 31.1 Å². The second-order valence-corrected chi connectivity index (χ2v) is 12.0. The van der Waals surface area contributed by atoms with E-state index < -0.39 is 23.7 Å². The number of aldehydes is 1. The first-order valence-corrected chi connectivity index (χ1v) is 17.3. The normalized spacial score (nSPS) is 14.2. The number of hydrogen-bond acceptors (Lipinski definition) is 12. The Labute approximate surface area is 345 Å². The van der Waals surface area contributed by atoms with E-state index in [-0.39, 0.29) is 49.1 Å². The van der Waals surface area contributed by atoms with Gasteiger partial charge in [-0.3, -0.25) is 4.79 Å². The van der Waals surface area contributed by atoms with E-state index in [4.69, 9.17) is 17.6 Å². The first-order chi connectivity index (χ1) is 25.3. The molecule has 299 valence electrons. The summed E-state index contributed by atoms with van der Waals surface area (Å²) in [5, 5.41) is 28.4. The number of benzene rings is 2. The molecule has 12 nitrogen and oxygen atoms in total. The molecule has 4 rings (SSSR count). The molecule has 2 aliphatic heterocycles. The van der Waals surface area contributed by atoms with Gasteiger partial charge in [0.2, 0.25) is 0 Å². The number of nitrogens with one attached hydrogen (secondary N) is 3. The third kappa shape index (κ3) is 17.9. The second kappa shape index (κ2) is 27.7. The van der Waals surface area contributed by atoms with E-state index in [2.05, 4.69) is 60.1 Å². The van der Waals surface area contributed by atoms with Crippen LogP contribution < -0.4 is 51.2 Å². The van der Waals surface area contributed by atoms with Crippen LogP contribution in [0.15, 0.2) is 69.0 Å². The van der Waals surface area contributed by atoms with Gasteiger partial charge >= 0.3 is 53.2 Å². The zero-order chi connectivity index (χ0) is 40.0. The molecule has 2 aromatic rings. The Morgan fingerprint density at radius 3 is 1.42 bits per heavy atom. The van der Waals surface area contributed by atoms with E-state index in [1.807, 2.05) is 14.1 Å². The van der Waals surface area contributed by atoms with Gasteiger partial charge in [0.05, 0.1) is 0 Å². The van der Waals surface area contributed by atoms with Crippen LogP contribution in [-0.2, 0) is 17.9 Å². The first-order valence-electron chi connectivity index (χ1n) is 17.3. The van der Waals surface area contributed by atoms with E-state index in [1.54, 1.807) is 12.1 Å². The van der Waals surface area contributed by atoms with E-state index >= 15 is 0 Å². The van der Waals surface area contributed by atoms with Crippen LogP contribution in [0.1, 0.15) is 53.7 Å². The van der Waals surface area contributed by atoms with Gasteiger partial charge in [0, 0.05) is 84.0 Å². The summed E-state index contributed by atoms with van der Waals surface area (Å²) in [5.41, 5.74) is 2.01. The number of rotatable bonds is 20. The number of hydrogen-bond donors (Lipinski definition) is 4. The molecule has 0 amide bonds. The number of likely N-dealkylation sites (N-methyl/N-ethyl adjacent to an activating group) is 2. The number of carbonyl (C=O) groups is 1. The zero-order valence-electron chi connectivity index (χ0n) is 32.3. The summed E-state index contributed by atoms with van der Waals surface area (Å²) < 4.78 is 76.4. The Kier molecular flexibility index (Phi) is 27.4. The molecular weight excluding hydrogens is 738 g/mol. The number of nitrogens with zero attached hydrogens (tertiary/aromatic N) is 7. The average Bonchev–Trinajstić information content (AvgIpc) is 4.07. The Hall–Kier alpha value is -2.80. The monoisotopic (exact) mass is 790 g/mol. The maximum Gasteiger partial charge on any atom is 1.00 e. The van der Waals surface area contributed by atoms with Crippen molar-refractivity contribution in [3.8, 4) is 0 Å². The molecule has 2 aliphatic rings. The molecule has 0 aromatic heterocycles. The van der Waals surface area contributed by atoms with Gasteiger partial charge in [-0.25, -0.2) is 0 Å². The van der Waals surface area contributed by atoms with Gasteiger partial charge in [-0.2, -0.15) is 26.3 Å². The third-order valence-electron chi connectivity index (χ3n) is 8.01. The molecule has 0 aliphatic carbocycles. The van der Waals surface area contributed by atoms with Crippen molar-refractivity contribution < 1.29 is 60.7 Å². The SMILES string of the molecule is CCCN(CCN)CCNC.CCCN(CCNC)CCNCc1ccc(C2(C(F)(F)F)N=N2)cc1.O=Cc1ccc(C2(C(F)(F)F)N=N2)cc1.[B].[C-]#N.[Na+]. The van der Waals surface area contributed by atoms with E-state index in [1.165, 1.54) is 49.4 Å². The van der Waals surface area contributed by atoms with Crippen molar-refractivity contribution in [3.05, 3.63) is 77.4 Å². The third-order valence-corrected chi connectivity index (χ3v) is 8.01. The maximum absolute atomic E-state index is 12.9. The average molecular weight is 791 g/mol. The maximum atomic E-state index is 12.9. The molecule has 0 saturated carbocycles. The van der Waals surface area contributed by atoms with Crippen molar-refractivity contribution in [2.75, 3.05) is 79.5 Å². The second-order valence-electron chi connectivity index (χ2n) is 12.0.